The van der Waals surface area contributed by atoms with Gasteiger partial charge in [0, 0.05) is 11.1 Å². The lowest BCUT2D eigenvalue weighted by Gasteiger charge is -2.07. The highest BCUT2D eigenvalue weighted by molar-refractivity contribution is 9.09. The van der Waals surface area contributed by atoms with Crippen LogP contribution >= 0.6 is 31.9 Å². The van der Waals surface area contributed by atoms with Crippen molar-refractivity contribution in [2.75, 3.05) is 10.7 Å². The van der Waals surface area contributed by atoms with Crippen LogP contribution in [-0.4, -0.2) is 32.4 Å². The fourth-order valence-electron chi connectivity index (χ4n) is 2.89. The van der Waals surface area contributed by atoms with Crippen LogP contribution in [0.4, 0.5) is 0 Å². The maximum atomic E-state index is 11.4. The van der Waals surface area contributed by atoms with Crippen LogP contribution < -0.4 is 0 Å². The second kappa shape index (κ2) is 9.88. The fraction of sp³-hybridized carbons (Fsp3) is 0.300. The maximum absolute atomic E-state index is 11.4. The van der Waals surface area contributed by atoms with Gasteiger partial charge in [0.25, 0.3) is 0 Å². The van der Waals surface area contributed by atoms with Gasteiger partial charge >= 0.3 is 0 Å². The zero-order valence-electron chi connectivity index (χ0n) is 15.2. The largest absolute Gasteiger partial charge is 0.508 e. The van der Waals surface area contributed by atoms with Gasteiger partial charge in [-0.15, -0.1) is 0 Å². The minimum atomic E-state index is 0.0509. The van der Waals surface area contributed by atoms with E-state index in [4.69, 9.17) is 0 Å². The summed E-state index contributed by atoms with van der Waals surface area (Å²) in [6.45, 7) is 7.29. The van der Waals surface area contributed by atoms with Crippen LogP contribution in [0, 0.1) is 27.7 Å². The summed E-state index contributed by atoms with van der Waals surface area (Å²) in [7, 11) is 0. The molecule has 0 saturated heterocycles. The van der Waals surface area contributed by atoms with Gasteiger partial charge in [0.2, 0.25) is 0 Å². The number of rotatable bonds is 4. The van der Waals surface area contributed by atoms with Crippen molar-refractivity contribution in [3.8, 4) is 11.5 Å². The molecule has 0 aliphatic heterocycles. The van der Waals surface area contributed by atoms with Gasteiger partial charge < -0.3 is 10.2 Å². The first-order chi connectivity index (χ1) is 12.1. The number of phenolic OH excluding ortho intramolecular Hbond substituents is 2. The summed E-state index contributed by atoms with van der Waals surface area (Å²) in [4.78, 5) is 22.9. The summed E-state index contributed by atoms with van der Waals surface area (Å²) < 4.78 is 0. The predicted molar refractivity (Wildman–Crippen MR) is 111 cm³/mol. The van der Waals surface area contributed by atoms with E-state index in [1.807, 2.05) is 27.7 Å². The number of carbonyl (C=O) groups is 2. The third kappa shape index (κ3) is 5.68. The lowest BCUT2D eigenvalue weighted by atomic mass is 9.99. The molecule has 0 heterocycles. The molecular weight excluding hydrogens is 464 g/mol. The highest BCUT2D eigenvalue weighted by Gasteiger charge is 2.12. The van der Waals surface area contributed by atoms with Crippen LogP contribution in [0.1, 0.15) is 43.0 Å². The number of alkyl halides is 2. The summed E-state index contributed by atoms with van der Waals surface area (Å²) in [5.74, 6) is 0.521. The molecule has 0 saturated carbocycles. The Morgan fingerprint density at radius 1 is 0.692 bits per heavy atom. The molecule has 0 unspecified atom stereocenters. The van der Waals surface area contributed by atoms with Crippen LogP contribution in [0.2, 0.25) is 0 Å². The Bertz CT molecular complexity index is 713. The highest BCUT2D eigenvalue weighted by atomic mass is 79.9. The lowest BCUT2D eigenvalue weighted by molar-refractivity contribution is 0.101. The van der Waals surface area contributed by atoms with Gasteiger partial charge in [-0.25, -0.2) is 0 Å². The van der Waals surface area contributed by atoms with Crippen molar-refractivity contribution in [3.63, 3.8) is 0 Å². The Morgan fingerprint density at radius 3 is 1.12 bits per heavy atom. The molecule has 2 N–H and O–H groups in total. The van der Waals surface area contributed by atoms with Crippen LogP contribution in [0.15, 0.2) is 24.3 Å². The highest BCUT2D eigenvalue weighted by Crippen LogP contribution is 2.22. The number of Topliss-reactive ketones (excluding diaryl/α,β-unsaturated/α-hetero) is 2. The third-order valence-electron chi connectivity index (χ3n) is 3.84. The summed E-state index contributed by atoms with van der Waals surface area (Å²) in [5.41, 5.74) is 4.69. The first kappa shape index (κ1) is 22.4. The van der Waals surface area contributed by atoms with E-state index < -0.39 is 0 Å². The average molecular weight is 486 g/mol. The van der Waals surface area contributed by atoms with E-state index in [9.17, 15) is 19.8 Å². The number of phenols is 2. The molecule has 2 rings (SSSR count). The average Bonchev–Trinajstić information content (AvgIpc) is 2.53. The number of benzene rings is 2. The number of ketones is 2. The Morgan fingerprint density at radius 2 is 0.923 bits per heavy atom. The topological polar surface area (TPSA) is 74.6 Å². The van der Waals surface area contributed by atoms with Crippen LogP contribution in [0.25, 0.3) is 0 Å². The van der Waals surface area contributed by atoms with E-state index in [1.165, 1.54) is 0 Å². The number of aryl methyl sites for hydroxylation is 4. The molecule has 0 bridgehead atoms. The summed E-state index contributed by atoms with van der Waals surface area (Å²) in [6, 6.07) is 6.40. The first-order valence-corrected chi connectivity index (χ1v) is 10.1. The van der Waals surface area contributed by atoms with E-state index in [-0.39, 0.29) is 23.1 Å². The lowest BCUT2D eigenvalue weighted by Crippen LogP contribution is -2.05. The van der Waals surface area contributed by atoms with E-state index in [0.29, 0.717) is 21.8 Å². The molecular formula is C20H22Br2O4. The van der Waals surface area contributed by atoms with Crippen molar-refractivity contribution >= 4 is 43.4 Å². The minimum absolute atomic E-state index is 0.0509. The second-order valence-electron chi connectivity index (χ2n) is 6.02. The number of halogens is 2. The fourth-order valence-corrected chi connectivity index (χ4v) is 3.46. The molecule has 0 aromatic heterocycles. The Kier molecular flexibility index (Phi) is 8.50. The minimum Gasteiger partial charge on any atom is -0.508 e. The summed E-state index contributed by atoms with van der Waals surface area (Å²) in [5, 5.41) is 19.1. The van der Waals surface area contributed by atoms with Gasteiger partial charge in [0.05, 0.1) is 10.7 Å². The van der Waals surface area contributed by atoms with Crippen molar-refractivity contribution in [2.45, 2.75) is 27.7 Å². The third-order valence-corrected chi connectivity index (χ3v) is 4.85. The van der Waals surface area contributed by atoms with Gasteiger partial charge in [-0.2, -0.15) is 0 Å². The van der Waals surface area contributed by atoms with Gasteiger partial charge in [-0.05, 0) is 74.2 Å². The van der Waals surface area contributed by atoms with Gasteiger partial charge in [-0.1, -0.05) is 31.9 Å². The van der Waals surface area contributed by atoms with E-state index in [0.717, 1.165) is 22.3 Å². The number of hydrogen-bond donors (Lipinski definition) is 2. The zero-order valence-corrected chi connectivity index (χ0v) is 18.4. The normalized spacial score (nSPS) is 10.1. The number of carbonyl (C=O) groups excluding carboxylic acids is 2. The van der Waals surface area contributed by atoms with Crippen molar-refractivity contribution in [2.24, 2.45) is 0 Å². The molecule has 0 radical (unpaired) electrons. The molecule has 0 atom stereocenters. The Hall–Kier alpha value is -1.66. The number of hydrogen-bond acceptors (Lipinski definition) is 4. The van der Waals surface area contributed by atoms with Gasteiger partial charge in [0.1, 0.15) is 11.5 Å². The van der Waals surface area contributed by atoms with Crippen molar-refractivity contribution < 1.29 is 19.8 Å². The molecule has 2 aromatic rings. The molecule has 6 heteroatoms. The van der Waals surface area contributed by atoms with Crippen molar-refractivity contribution in [1.82, 2.24) is 0 Å². The van der Waals surface area contributed by atoms with Crippen LogP contribution in [-0.2, 0) is 0 Å². The molecule has 140 valence electrons. The van der Waals surface area contributed by atoms with Gasteiger partial charge in [-0.3, -0.25) is 9.59 Å². The number of aromatic hydroxyl groups is 2. The molecule has 0 aliphatic carbocycles. The molecule has 0 fully saturated rings. The van der Waals surface area contributed by atoms with Crippen molar-refractivity contribution in [3.05, 3.63) is 57.6 Å². The second-order valence-corrected chi connectivity index (χ2v) is 7.14. The molecule has 0 spiro atoms. The molecule has 0 amide bonds. The molecule has 26 heavy (non-hydrogen) atoms. The Balaban J connectivity index is 0.000000260. The molecule has 0 aliphatic rings. The quantitative estimate of drug-likeness (QED) is 0.462. The van der Waals surface area contributed by atoms with E-state index in [2.05, 4.69) is 31.9 Å². The standard InChI is InChI=1S/2C10H11BrO2/c2*1-6-3-8(12)4-7(2)10(6)9(13)5-11/h2*3-4,12H,5H2,1-2H3. The van der Waals surface area contributed by atoms with Crippen molar-refractivity contribution in [1.29, 1.82) is 0 Å². The monoisotopic (exact) mass is 484 g/mol. The SMILES string of the molecule is Cc1cc(O)cc(C)c1C(=O)CBr.Cc1cc(O)cc(C)c1C(=O)CBr. The van der Waals surface area contributed by atoms with Crippen LogP contribution in [0.5, 0.6) is 11.5 Å². The van der Waals surface area contributed by atoms with Crippen LogP contribution in [0.3, 0.4) is 0 Å². The molecule has 4 nitrogen and oxygen atoms in total. The molecule has 2 aromatic carbocycles. The maximum Gasteiger partial charge on any atom is 0.173 e. The summed E-state index contributed by atoms with van der Waals surface area (Å²) in [6.07, 6.45) is 0. The Labute approximate surface area is 170 Å². The predicted octanol–water partition coefficient (Wildman–Crippen LogP) is 5.17. The zero-order chi connectivity index (χ0) is 20.0. The smallest absolute Gasteiger partial charge is 0.173 e. The van der Waals surface area contributed by atoms with E-state index in [1.54, 1.807) is 24.3 Å². The van der Waals surface area contributed by atoms with Gasteiger partial charge in [0.15, 0.2) is 11.6 Å². The van der Waals surface area contributed by atoms with E-state index >= 15 is 0 Å². The summed E-state index contributed by atoms with van der Waals surface area (Å²) >= 11 is 6.25. The first-order valence-electron chi connectivity index (χ1n) is 7.91.